The predicted octanol–water partition coefficient (Wildman–Crippen LogP) is 0.821. The Kier molecular flexibility index (Phi) is 6.70. The second kappa shape index (κ2) is 9.04. The van der Waals surface area contributed by atoms with E-state index in [1.54, 1.807) is 4.90 Å². The average Bonchev–Trinajstić information content (AvgIpc) is 3.08. The van der Waals surface area contributed by atoms with Crippen molar-refractivity contribution >= 4 is 11.8 Å². The predicted molar refractivity (Wildman–Crippen MR) is 81.6 cm³/mol. The highest BCUT2D eigenvalue weighted by atomic mass is 16.5. The first-order chi connectivity index (χ1) is 10.8. The molecule has 22 heavy (non-hydrogen) atoms. The van der Waals surface area contributed by atoms with E-state index < -0.39 is 0 Å². The molecule has 2 amide bonds. The Labute approximate surface area is 130 Å². The first kappa shape index (κ1) is 16.3. The molecular formula is C16H22N2O4. The maximum Gasteiger partial charge on any atom is 0.246 e. The Bertz CT molecular complexity index is 472. The number of ether oxygens (including phenoxy) is 2. The Balaban J connectivity index is 1.49. The van der Waals surface area contributed by atoms with Gasteiger partial charge in [0.1, 0.15) is 19.0 Å². The number of hydrogen-bond donors (Lipinski definition) is 1. The van der Waals surface area contributed by atoms with Crippen LogP contribution in [0.15, 0.2) is 30.3 Å². The van der Waals surface area contributed by atoms with Gasteiger partial charge in [-0.3, -0.25) is 9.59 Å². The molecule has 0 bridgehead atoms. The molecule has 1 heterocycles. The third-order valence-corrected chi connectivity index (χ3v) is 3.37. The highest BCUT2D eigenvalue weighted by Gasteiger charge is 2.17. The minimum atomic E-state index is -0.285. The normalized spacial score (nSPS) is 13.9. The van der Waals surface area contributed by atoms with E-state index in [1.807, 2.05) is 30.3 Å². The molecule has 1 aromatic rings. The van der Waals surface area contributed by atoms with Crippen LogP contribution in [0.2, 0.25) is 0 Å². The van der Waals surface area contributed by atoms with E-state index in [-0.39, 0.29) is 25.0 Å². The molecule has 1 fully saturated rings. The van der Waals surface area contributed by atoms with Gasteiger partial charge in [0.05, 0.1) is 13.2 Å². The van der Waals surface area contributed by atoms with Gasteiger partial charge in [-0.25, -0.2) is 0 Å². The van der Waals surface area contributed by atoms with E-state index in [9.17, 15) is 9.59 Å². The van der Waals surface area contributed by atoms with Crippen molar-refractivity contribution in [1.29, 1.82) is 0 Å². The van der Waals surface area contributed by atoms with Crippen LogP contribution in [-0.4, -0.2) is 56.2 Å². The van der Waals surface area contributed by atoms with Crippen LogP contribution in [0.1, 0.15) is 12.8 Å². The monoisotopic (exact) mass is 306 g/mol. The quantitative estimate of drug-likeness (QED) is 0.722. The third-order valence-electron chi connectivity index (χ3n) is 3.37. The van der Waals surface area contributed by atoms with Crippen molar-refractivity contribution in [3.05, 3.63) is 30.3 Å². The van der Waals surface area contributed by atoms with Crippen LogP contribution in [0.3, 0.4) is 0 Å². The first-order valence-corrected chi connectivity index (χ1v) is 7.56. The van der Waals surface area contributed by atoms with Gasteiger partial charge in [-0.05, 0) is 25.0 Å². The van der Waals surface area contributed by atoms with Crippen molar-refractivity contribution in [1.82, 2.24) is 10.2 Å². The summed E-state index contributed by atoms with van der Waals surface area (Å²) in [4.78, 5) is 25.1. The van der Waals surface area contributed by atoms with Crippen LogP contribution in [0.25, 0.3) is 0 Å². The fraction of sp³-hybridized carbons (Fsp3) is 0.500. The summed E-state index contributed by atoms with van der Waals surface area (Å²) in [6, 6.07) is 9.41. The number of likely N-dealkylation sites (tertiary alicyclic amines) is 1. The van der Waals surface area contributed by atoms with E-state index in [2.05, 4.69) is 5.32 Å². The van der Waals surface area contributed by atoms with Gasteiger partial charge in [-0.1, -0.05) is 18.2 Å². The highest BCUT2D eigenvalue weighted by molar-refractivity contribution is 5.85. The van der Waals surface area contributed by atoms with E-state index in [0.29, 0.717) is 13.2 Å². The molecule has 1 aromatic carbocycles. The number of rotatable bonds is 8. The van der Waals surface area contributed by atoms with Gasteiger partial charge in [-0.2, -0.15) is 0 Å². The van der Waals surface area contributed by atoms with Crippen molar-refractivity contribution in [2.24, 2.45) is 0 Å². The minimum Gasteiger partial charge on any atom is -0.491 e. The van der Waals surface area contributed by atoms with Gasteiger partial charge in [-0.15, -0.1) is 0 Å². The summed E-state index contributed by atoms with van der Waals surface area (Å²) < 4.78 is 10.6. The van der Waals surface area contributed by atoms with Gasteiger partial charge in [0.15, 0.2) is 0 Å². The van der Waals surface area contributed by atoms with Crippen LogP contribution in [0.5, 0.6) is 5.75 Å². The van der Waals surface area contributed by atoms with Crippen LogP contribution >= 0.6 is 0 Å². The third kappa shape index (κ3) is 5.73. The molecule has 6 nitrogen and oxygen atoms in total. The number of para-hydroxylation sites is 1. The molecule has 1 aliphatic heterocycles. The number of carbonyl (C=O) groups excluding carboxylic acids is 2. The van der Waals surface area contributed by atoms with Crippen LogP contribution in [-0.2, 0) is 14.3 Å². The number of hydrogen-bond acceptors (Lipinski definition) is 4. The maximum atomic E-state index is 11.7. The van der Waals surface area contributed by atoms with E-state index >= 15 is 0 Å². The standard InChI is InChI=1S/C16H22N2O4/c19-15(17-12-16(20)18-8-4-5-9-18)13-21-10-11-22-14-6-2-1-3-7-14/h1-3,6-7H,4-5,8-13H2,(H,17,19). The van der Waals surface area contributed by atoms with Crippen molar-refractivity contribution in [2.45, 2.75) is 12.8 Å². The maximum absolute atomic E-state index is 11.7. The van der Waals surface area contributed by atoms with Crippen molar-refractivity contribution in [2.75, 3.05) is 39.5 Å². The van der Waals surface area contributed by atoms with E-state index in [4.69, 9.17) is 9.47 Å². The summed E-state index contributed by atoms with van der Waals surface area (Å²) in [5, 5.41) is 2.57. The summed E-state index contributed by atoms with van der Waals surface area (Å²) in [7, 11) is 0. The van der Waals surface area contributed by atoms with Crippen molar-refractivity contribution in [3.8, 4) is 5.75 Å². The van der Waals surface area contributed by atoms with E-state index in [1.165, 1.54) is 0 Å². The average molecular weight is 306 g/mol. The summed E-state index contributed by atoms with van der Waals surface area (Å²) in [6.45, 7) is 2.27. The van der Waals surface area contributed by atoms with E-state index in [0.717, 1.165) is 31.7 Å². The molecule has 120 valence electrons. The molecule has 1 saturated heterocycles. The van der Waals surface area contributed by atoms with Gasteiger partial charge in [0, 0.05) is 13.1 Å². The number of amides is 2. The molecule has 0 aliphatic carbocycles. The highest BCUT2D eigenvalue weighted by Crippen LogP contribution is 2.07. The lowest BCUT2D eigenvalue weighted by Gasteiger charge is -2.15. The first-order valence-electron chi connectivity index (χ1n) is 7.56. The smallest absolute Gasteiger partial charge is 0.246 e. The van der Waals surface area contributed by atoms with Crippen LogP contribution in [0, 0.1) is 0 Å². The summed E-state index contributed by atoms with van der Waals surface area (Å²) >= 11 is 0. The molecule has 0 atom stereocenters. The van der Waals surface area contributed by atoms with Gasteiger partial charge in [0.2, 0.25) is 11.8 Å². The zero-order valence-electron chi connectivity index (χ0n) is 12.6. The van der Waals surface area contributed by atoms with Crippen molar-refractivity contribution < 1.29 is 19.1 Å². The largest absolute Gasteiger partial charge is 0.491 e. The second-order valence-electron chi connectivity index (χ2n) is 5.08. The number of benzene rings is 1. The molecule has 1 aliphatic rings. The molecular weight excluding hydrogens is 284 g/mol. The number of carbonyl (C=O) groups is 2. The topological polar surface area (TPSA) is 67.9 Å². The minimum absolute atomic E-state index is 0.0294. The van der Waals surface area contributed by atoms with Gasteiger partial charge < -0.3 is 19.7 Å². The number of nitrogens with zero attached hydrogens (tertiary/aromatic N) is 1. The lowest BCUT2D eigenvalue weighted by atomic mass is 10.3. The second-order valence-corrected chi connectivity index (χ2v) is 5.08. The number of nitrogens with one attached hydrogen (secondary N) is 1. The van der Waals surface area contributed by atoms with Gasteiger partial charge >= 0.3 is 0 Å². The Hall–Kier alpha value is -2.08. The lowest BCUT2D eigenvalue weighted by Crippen LogP contribution is -2.40. The molecule has 0 radical (unpaired) electrons. The Morgan fingerprint density at radius 3 is 2.55 bits per heavy atom. The zero-order chi connectivity index (χ0) is 15.6. The fourth-order valence-electron chi connectivity index (χ4n) is 2.20. The van der Waals surface area contributed by atoms with Crippen LogP contribution in [0.4, 0.5) is 0 Å². The SMILES string of the molecule is O=C(COCCOc1ccccc1)NCC(=O)N1CCCC1. The lowest BCUT2D eigenvalue weighted by molar-refractivity contribution is -0.133. The molecule has 0 aromatic heterocycles. The van der Waals surface area contributed by atoms with Crippen LogP contribution < -0.4 is 10.1 Å². The van der Waals surface area contributed by atoms with Gasteiger partial charge in [0.25, 0.3) is 0 Å². The fourth-order valence-corrected chi connectivity index (χ4v) is 2.20. The summed E-state index contributed by atoms with van der Waals surface area (Å²) in [5.41, 5.74) is 0. The summed E-state index contributed by atoms with van der Waals surface area (Å²) in [6.07, 6.45) is 2.09. The Morgan fingerprint density at radius 2 is 1.82 bits per heavy atom. The molecule has 0 saturated carbocycles. The van der Waals surface area contributed by atoms with Crippen molar-refractivity contribution in [3.63, 3.8) is 0 Å². The molecule has 2 rings (SSSR count). The molecule has 0 spiro atoms. The molecule has 0 unspecified atom stereocenters. The summed E-state index contributed by atoms with van der Waals surface area (Å²) in [5.74, 6) is 0.456. The molecule has 1 N–H and O–H groups in total. The Morgan fingerprint density at radius 1 is 1.09 bits per heavy atom. The molecule has 6 heteroatoms. The zero-order valence-corrected chi connectivity index (χ0v) is 12.6.